The second-order valence-corrected chi connectivity index (χ2v) is 13.0. The van der Waals surface area contributed by atoms with Gasteiger partial charge in [-0.25, -0.2) is 16.8 Å². The number of nitrogens with zero attached hydrogens (tertiary/aromatic N) is 1. The maximum Gasteiger partial charge on any atom is 0.244 e. The predicted octanol–water partition coefficient (Wildman–Crippen LogP) is 1.54. The first-order valence-corrected chi connectivity index (χ1v) is 13.3. The SMILES string of the molecule is CC(C)(O)c1ccc(S(=O)(=O)C2CNCCN2S(=O)(=O)c2ccc(C(C)(C)O)cc2)cc1. The molecule has 2 aromatic carbocycles. The van der Waals surface area contributed by atoms with Crippen molar-refractivity contribution in [3.05, 3.63) is 59.7 Å². The van der Waals surface area contributed by atoms with E-state index in [0.29, 0.717) is 17.7 Å². The van der Waals surface area contributed by atoms with Crippen LogP contribution < -0.4 is 5.32 Å². The summed E-state index contributed by atoms with van der Waals surface area (Å²) in [5, 5.41) is 21.9. The highest BCUT2D eigenvalue weighted by Crippen LogP contribution is 2.29. The molecule has 1 saturated heterocycles. The Kier molecular flexibility index (Phi) is 6.60. The van der Waals surface area contributed by atoms with Gasteiger partial charge in [0.25, 0.3) is 0 Å². The van der Waals surface area contributed by atoms with Crippen LogP contribution in [0.3, 0.4) is 0 Å². The average Bonchev–Trinajstić information content (AvgIpc) is 2.72. The molecule has 0 aromatic heterocycles. The van der Waals surface area contributed by atoms with E-state index in [-0.39, 0.29) is 22.9 Å². The Hall–Kier alpha value is -1.82. The van der Waals surface area contributed by atoms with Crippen molar-refractivity contribution in [3.8, 4) is 0 Å². The lowest BCUT2D eigenvalue weighted by Gasteiger charge is -2.34. The molecule has 0 bridgehead atoms. The molecular formula is C22H30N2O6S2. The maximum atomic E-state index is 13.4. The molecule has 32 heavy (non-hydrogen) atoms. The Balaban J connectivity index is 1.97. The van der Waals surface area contributed by atoms with E-state index in [0.717, 1.165) is 4.31 Å². The van der Waals surface area contributed by atoms with Crippen molar-refractivity contribution in [1.82, 2.24) is 9.62 Å². The number of hydrogen-bond acceptors (Lipinski definition) is 7. The molecule has 0 spiro atoms. The Bertz CT molecular complexity index is 1070. The predicted molar refractivity (Wildman–Crippen MR) is 121 cm³/mol. The van der Waals surface area contributed by atoms with E-state index in [2.05, 4.69) is 5.32 Å². The van der Waals surface area contributed by atoms with Crippen LogP contribution in [-0.4, -0.2) is 56.4 Å². The van der Waals surface area contributed by atoms with Crippen molar-refractivity contribution in [2.24, 2.45) is 0 Å². The van der Waals surface area contributed by atoms with Crippen molar-refractivity contribution in [3.63, 3.8) is 0 Å². The highest BCUT2D eigenvalue weighted by Gasteiger charge is 2.42. The lowest BCUT2D eigenvalue weighted by molar-refractivity contribution is 0.0780. The van der Waals surface area contributed by atoms with Gasteiger partial charge in [0.05, 0.1) is 21.0 Å². The number of hydrogen-bond donors (Lipinski definition) is 3. The summed E-state index contributed by atoms with van der Waals surface area (Å²) in [4.78, 5) is -0.0539. The lowest BCUT2D eigenvalue weighted by Crippen LogP contribution is -2.56. The number of aliphatic hydroxyl groups is 2. The van der Waals surface area contributed by atoms with E-state index in [1.807, 2.05) is 0 Å². The highest BCUT2D eigenvalue weighted by molar-refractivity contribution is 7.94. The molecule has 2 aromatic rings. The van der Waals surface area contributed by atoms with Gasteiger partial charge in [-0.1, -0.05) is 24.3 Å². The summed E-state index contributed by atoms with van der Waals surface area (Å²) >= 11 is 0. The molecule has 10 heteroatoms. The third-order valence-electron chi connectivity index (χ3n) is 5.56. The van der Waals surface area contributed by atoms with Crippen LogP contribution in [0.4, 0.5) is 0 Å². The van der Waals surface area contributed by atoms with Gasteiger partial charge in [-0.15, -0.1) is 0 Å². The lowest BCUT2D eigenvalue weighted by atomic mass is 9.99. The van der Waals surface area contributed by atoms with E-state index >= 15 is 0 Å². The van der Waals surface area contributed by atoms with Crippen LogP contribution in [0, 0.1) is 0 Å². The zero-order valence-corrected chi connectivity index (χ0v) is 20.2. The van der Waals surface area contributed by atoms with Gasteiger partial charge in [0.15, 0.2) is 9.84 Å². The monoisotopic (exact) mass is 482 g/mol. The third-order valence-corrected chi connectivity index (χ3v) is 9.69. The minimum Gasteiger partial charge on any atom is -0.386 e. The smallest absolute Gasteiger partial charge is 0.244 e. The van der Waals surface area contributed by atoms with Crippen molar-refractivity contribution in [2.75, 3.05) is 19.6 Å². The maximum absolute atomic E-state index is 13.4. The molecule has 0 radical (unpaired) electrons. The molecule has 0 amide bonds. The molecule has 176 valence electrons. The Labute approximate surface area is 189 Å². The Morgan fingerprint density at radius 2 is 1.25 bits per heavy atom. The Morgan fingerprint density at radius 1 is 0.812 bits per heavy atom. The molecule has 1 fully saturated rings. The standard InChI is InChI=1S/C22H30N2O6S2/c1-21(2,25)16-5-9-18(10-6-16)31(27,28)20-15-23-13-14-24(20)32(29,30)19-11-7-17(8-12-19)22(3,4)26/h5-12,20,23,25-26H,13-15H2,1-4H3. The van der Waals surface area contributed by atoms with E-state index in [1.165, 1.54) is 48.5 Å². The molecule has 0 aliphatic carbocycles. The summed E-state index contributed by atoms with van der Waals surface area (Å²) in [6.45, 7) is 6.66. The molecule has 1 unspecified atom stereocenters. The van der Waals surface area contributed by atoms with Crippen molar-refractivity contribution >= 4 is 19.9 Å². The molecule has 1 heterocycles. The van der Waals surface area contributed by atoms with Crippen molar-refractivity contribution in [2.45, 2.75) is 54.1 Å². The minimum absolute atomic E-state index is 0.00122. The molecule has 1 aliphatic heterocycles. The largest absolute Gasteiger partial charge is 0.386 e. The summed E-state index contributed by atoms with van der Waals surface area (Å²) in [6, 6.07) is 11.6. The van der Waals surface area contributed by atoms with Crippen LogP contribution in [0.25, 0.3) is 0 Å². The quantitative estimate of drug-likeness (QED) is 0.570. The fourth-order valence-corrected chi connectivity index (χ4v) is 7.31. The van der Waals surface area contributed by atoms with Gasteiger partial charge in [-0.05, 0) is 63.1 Å². The molecule has 1 aliphatic rings. The number of sulfone groups is 1. The number of nitrogens with one attached hydrogen (secondary N) is 1. The fourth-order valence-electron chi connectivity index (χ4n) is 3.58. The molecule has 0 saturated carbocycles. The summed E-state index contributed by atoms with van der Waals surface area (Å²) in [6.07, 6.45) is 0. The minimum atomic E-state index is -4.10. The van der Waals surface area contributed by atoms with E-state index < -0.39 is 36.4 Å². The van der Waals surface area contributed by atoms with Crippen LogP contribution in [0.1, 0.15) is 38.8 Å². The van der Waals surface area contributed by atoms with Crippen LogP contribution in [0.5, 0.6) is 0 Å². The fraction of sp³-hybridized carbons (Fsp3) is 0.455. The highest BCUT2D eigenvalue weighted by atomic mass is 32.2. The molecule has 3 rings (SSSR count). The van der Waals surface area contributed by atoms with E-state index in [9.17, 15) is 27.0 Å². The van der Waals surface area contributed by atoms with Gasteiger partial charge >= 0.3 is 0 Å². The third kappa shape index (κ3) is 4.90. The topological polar surface area (TPSA) is 124 Å². The summed E-state index contributed by atoms with van der Waals surface area (Å²) < 4.78 is 54.5. The van der Waals surface area contributed by atoms with Crippen molar-refractivity contribution < 1.29 is 27.0 Å². The number of benzene rings is 2. The first-order valence-electron chi connectivity index (χ1n) is 10.3. The van der Waals surface area contributed by atoms with Crippen LogP contribution in [-0.2, 0) is 31.1 Å². The number of sulfonamides is 1. The summed E-state index contributed by atoms with van der Waals surface area (Å²) in [5.74, 6) is 0. The normalized spacial score (nSPS) is 19.1. The number of piperazine rings is 1. The zero-order valence-electron chi connectivity index (χ0n) is 18.6. The molecule has 8 nitrogen and oxygen atoms in total. The Morgan fingerprint density at radius 3 is 1.69 bits per heavy atom. The zero-order chi connectivity index (χ0) is 23.9. The second-order valence-electron chi connectivity index (χ2n) is 8.99. The van der Waals surface area contributed by atoms with Crippen LogP contribution >= 0.6 is 0 Å². The second kappa shape index (κ2) is 8.51. The van der Waals surface area contributed by atoms with Gasteiger partial charge in [0.2, 0.25) is 10.0 Å². The van der Waals surface area contributed by atoms with Gasteiger partial charge in [-0.2, -0.15) is 4.31 Å². The van der Waals surface area contributed by atoms with Crippen molar-refractivity contribution in [1.29, 1.82) is 0 Å². The summed E-state index contributed by atoms with van der Waals surface area (Å²) in [7, 11) is -8.14. The van der Waals surface area contributed by atoms with Gasteiger partial charge in [0, 0.05) is 19.6 Å². The van der Waals surface area contributed by atoms with E-state index in [4.69, 9.17) is 0 Å². The first-order chi connectivity index (χ1) is 14.6. The van der Waals surface area contributed by atoms with E-state index in [1.54, 1.807) is 27.7 Å². The molecule has 3 N–H and O–H groups in total. The first kappa shape index (κ1) is 24.8. The number of rotatable bonds is 6. The molecule has 1 atom stereocenters. The molecular weight excluding hydrogens is 452 g/mol. The van der Waals surface area contributed by atoms with Gasteiger partial charge in [-0.3, -0.25) is 0 Å². The van der Waals surface area contributed by atoms with Crippen LogP contribution in [0.15, 0.2) is 58.3 Å². The van der Waals surface area contributed by atoms with Crippen LogP contribution in [0.2, 0.25) is 0 Å². The van der Waals surface area contributed by atoms with Gasteiger partial charge in [0.1, 0.15) is 5.37 Å². The average molecular weight is 483 g/mol. The van der Waals surface area contributed by atoms with Gasteiger partial charge < -0.3 is 15.5 Å². The summed E-state index contributed by atoms with van der Waals surface area (Å²) in [5.41, 5.74) is -1.15.